The summed E-state index contributed by atoms with van der Waals surface area (Å²) in [5, 5.41) is 2.56. The van der Waals surface area contributed by atoms with Crippen molar-refractivity contribution < 1.29 is 22.4 Å². The highest BCUT2D eigenvalue weighted by Gasteiger charge is 2.37. The maximum Gasteiger partial charge on any atom is 0.420 e. The summed E-state index contributed by atoms with van der Waals surface area (Å²) in [5.74, 6) is -1.01. The van der Waals surface area contributed by atoms with Gasteiger partial charge in [-0.05, 0) is 41.3 Å². The van der Waals surface area contributed by atoms with Crippen LogP contribution >= 0.6 is 11.6 Å². The lowest BCUT2D eigenvalue weighted by Gasteiger charge is -2.15. The van der Waals surface area contributed by atoms with Crippen LogP contribution in [0.1, 0.15) is 39.5 Å². The third-order valence-electron chi connectivity index (χ3n) is 6.02. The van der Waals surface area contributed by atoms with Crippen LogP contribution in [0.2, 0.25) is 5.15 Å². The number of carbonyl (C=O) groups excluding carboxylic acids is 1. The Morgan fingerprint density at radius 2 is 2.06 bits per heavy atom. The molecule has 0 bridgehead atoms. The maximum atomic E-state index is 13.9. The van der Waals surface area contributed by atoms with Gasteiger partial charge in [-0.25, -0.2) is 9.37 Å². The molecule has 34 heavy (non-hydrogen) atoms. The van der Waals surface area contributed by atoms with Gasteiger partial charge in [0.2, 0.25) is 0 Å². The SMILES string of the molecule is O=C(c1nc2c(C(F)(F)F)cc(C3=CNC=NC3)cn2c1Cl)N1CCC(c2cccc(F)c2)C1. The van der Waals surface area contributed by atoms with E-state index in [0.29, 0.717) is 25.1 Å². The first-order valence-electron chi connectivity index (χ1n) is 10.5. The number of alkyl halides is 3. The normalized spacial score (nSPS) is 18.3. The van der Waals surface area contributed by atoms with E-state index in [1.165, 1.54) is 29.6 Å². The van der Waals surface area contributed by atoms with E-state index in [0.717, 1.165) is 16.0 Å². The van der Waals surface area contributed by atoms with Crippen LogP contribution in [0.25, 0.3) is 11.2 Å². The average Bonchev–Trinajstić information content (AvgIpc) is 3.44. The second kappa shape index (κ2) is 8.43. The van der Waals surface area contributed by atoms with E-state index in [2.05, 4.69) is 15.3 Å². The molecule has 1 unspecified atom stereocenters. The number of hydrogen-bond donors (Lipinski definition) is 1. The van der Waals surface area contributed by atoms with Crippen LogP contribution in [-0.4, -0.2) is 46.2 Å². The van der Waals surface area contributed by atoms with E-state index in [1.54, 1.807) is 18.3 Å². The first kappa shape index (κ1) is 22.4. The Morgan fingerprint density at radius 1 is 1.24 bits per heavy atom. The first-order valence-corrected chi connectivity index (χ1v) is 10.9. The van der Waals surface area contributed by atoms with Crippen molar-refractivity contribution in [2.24, 2.45) is 4.99 Å². The van der Waals surface area contributed by atoms with Crippen LogP contribution in [0.5, 0.6) is 0 Å². The molecular weight excluding hydrogens is 474 g/mol. The number of hydrogen-bond acceptors (Lipinski definition) is 4. The molecule has 0 radical (unpaired) electrons. The molecule has 6 nitrogen and oxygen atoms in total. The molecule has 1 saturated heterocycles. The predicted molar refractivity (Wildman–Crippen MR) is 119 cm³/mol. The van der Waals surface area contributed by atoms with Crippen molar-refractivity contribution in [3.63, 3.8) is 0 Å². The molecule has 1 atom stereocenters. The van der Waals surface area contributed by atoms with Crippen LogP contribution in [0.3, 0.4) is 0 Å². The van der Waals surface area contributed by atoms with Gasteiger partial charge in [-0.1, -0.05) is 23.7 Å². The molecule has 1 amide bonds. The van der Waals surface area contributed by atoms with Crippen molar-refractivity contribution in [1.82, 2.24) is 19.6 Å². The van der Waals surface area contributed by atoms with E-state index in [1.807, 2.05) is 0 Å². The minimum absolute atomic E-state index is 0.0842. The molecule has 2 aromatic heterocycles. The average molecular weight is 492 g/mol. The fourth-order valence-corrected chi connectivity index (χ4v) is 4.57. The fraction of sp³-hybridized carbons (Fsp3) is 0.261. The number of carbonyl (C=O) groups is 1. The van der Waals surface area contributed by atoms with Gasteiger partial charge in [0, 0.05) is 31.4 Å². The summed E-state index contributed by atoms with van der Waals surface area (Å²) in [4.78, 5) is 22.7. The van der Waals surface area contributed by atoms with E-state index in [-0.39, 0.29) is 34.7 Å². The van der Waals surface area contributed by atoms with Crippen molar-refractivity contribution in [2.45, 2.75) is 18.5 Å². The van der Waals surface area contributed by atoms with Crippen LogP contribution in [0.15, 0.2) is 47.7 Å². The zero-order valence-electron chi connectivity index (χ0n) is 17.6. The zero-order valence-corrected chi connectivity index (χ0v) is 18.4. The molecule has 2 aliphatic heterocycles. The van der Waals surface area contributed by atoms with Crippen LogP contribution in [0, 0.1) is 5.82 Å². The fourth-order valence-electron chi connectivity index (χ4n) is 4.32. The van der Waals surface area contributed by atoms with Gasteiger partial charge < -0.3 is 10.2 Å². The lowest BCUT2D eigenvalue weighted by atomic mass is 9.98. The summed E-state index contributed by atoms with van der Waals surface area (Å²) < 4.78 is 56.4. The van der Waals surface area contributed by atoms with E-state index in [9.17, 15) is 22.4 Å². The number of benzene rings is 1. The number of likely N-dealkylation sites (tertiary alicyclic amines) is 1. The summed E-state index contributed by atoms with van der Waals surface area (Å²) >= 11 is 6.41. The van der Waals surface area contributed by atoms with Crippen LogP contribution in [-0.2, 0) is 6.18 Å². The predicted octanol–water partition coefficient (Wildman–Crippen LogP) is 4.75. The first-order chi connectivity index (χ1) is 16.2. The van der Waals surface area contributed by atoms with Crippen LogP contribution < -0.4 is 5.32 Å². The highest BCUT2D eigenvalue weighted by atomic mass is 35.5. The van der Waals surface area contributed by atoms with Gasteiger partial charge in [-0.3, -0.25) is 14.2 Å². The lowest BCUT2D eigenvalue weighted by molar-refractivity contribution is -0.136. The van der Waals surface area contributed by atoms with Gasteiger partial charge in [0.1, 0.15) is 11.0 Å². The number of nitrogens with one attached hydrogen (secondary N) is 1. The monoisotopic (exact) mass is 491 g/mol. The molecule has 4 heterocycles. The Kier molecular flexibility index (Phi) is 5.55. The van der Waals surface area contributed by atoms with Gasteiger partial charge in [0.05, 0.1) is 18.4 Å². The molecule has 0 aliphatic carbocycles. The number of nitrogens with zero attached hydrogens (tertiary/aromatic N) is 4. The summed E-state index contributed by atoms with van der Waals surface area (Å²) in [6, 6.07) is 7.14. The Hall–Kier alpha value is -3.40. The van der Waals surface area contributed by atoms with Gasteiger partial charge in [0.15, 0.2) is 11.3 Å². The molecule has 5 rings (SSSR count). The second-order valence-corrected chi connectivity index (χ2v) is 8.54. The largest absolute Gasteiger partial charge is 0.420 e. The quantitative estimate of drug-likeness (QED) is 0.538. The highest BCUT2D eigenvalue weighted by molar-refractivity contribution is 6.33. The van der Waals surface area contributed by atoms with Crippen LogP contribution in [0.4, 0.5) is 17.6 Å². The zero-order chi connectivity index (χ0) is 24.0. The number of fused-ring (bicyclic) bond motifs is 1. The minimum Gasteiger partial charge on any atom is -0.353 e. The summed E-state index contributed by atoms with van der Waals surface area (Å²) in [6.07, 6.45) is 0.307. The molecular formula is C23H18ClF4N5O. The summed E-state index contributed by atoms with van der Waals surface area (Å²) in [5.41, 5.74) is -0.144. The van der Waals surface area contributed by atoms with E-state index >= 15 is 0 Å². The summed E-state index contributed by atoms with van der Waals surface area (Å²) in [7, 11) is 0. The number of pyridine rings is 1. The number of aliphatic imine (C=N–C) groups is 1. The molecule has 176 valence electrons. The van der Waals surface area contributed by atoms with Crippen molar-refractivity contribution in [3.05, 3.63) is 76.1 Å². The highest BCUT2D eigenvalue weighted by Crippen LogP contribution is 2.37. The Morgan fingerprint density at radius 3 is 2.76 bits per heavy atom. The van der Waals surface area contributed by atoms with Gasteiger partial charge in [-0.2, -0.15) is 13.2 Å². The third kappa shape index (κ3) is 4.02. The number of rotatable bonds is 3. The molecule has 2 aliphatic rings. The number of imidazole rings is 1. The number of amides is 1. The van der Waals surface area contributed by atoms with Gasteiger partial charge in [-0.15, -0.1) is 0 Å². The third-order valence-corrected chi connectivity index (χ3v) is 6.38. The Labute approximate surface area is 196 Å². The van der Waals surface area contributed by atoms with E-state index in [4.69, 9.17) is 11.6 Å². The number of aromatic nitrogens is 2. The topological polar surface area (TPSA) is 62.0 Å². The van der Waals surface area contributed by atoms with Crippen molar-refractivity contribution >= 4 is 35.1 Å². The van der Waals surface area contributed by atoms with E-state index < -0.39 is 23.3 Å². The minimum atomic E-state index is -4.71. The van der Waals surface area contributed by atoms with Gasteiger partial charge >= 0.3 is 6.18 Å². The van der Waals surface area contributed by atoms with Crippen molar-refractivity contribution in [1.29, 1.82) is 0 Å². The summed E-state index contributed by atoms with van der Waals surface area (Å²) in [6.45, 7) is 0.849. The molecule has 1 aromatic carbocycles. The molecule has 11 heteroatoms. The van der Waals surface area contributed by atoms with Gasteiger partial charge in [0.25, 0.3) is 5.91 Å². The molecule has 1 N–H and O–H groups in total. The molecule has 3 aromatic rings. The standard InChI is InChI=1S/C23H18ClF4N5O/c24-20-19(22(34)32-5-4-14(10-32)13-2-1-3-17(25)6-13)31-21-18(23(26,27)28)7-15(11-33(20)21)16-8-29-12-30-9-16/h1-3,6-8,11-12,14H,4-5,9-10H2,(H,29,30). The molecule has 0 saturated carbocycles. The number of halogens is 5. The Bertz CT molecular complexity index is 1350. The smallest absolute Gasteiger partial charge is 0.353 e. The molecule has 1 fully saturated rings. The Balaban J connectivity index is 1.51. The lowest BCUT2D eigenvalue weighted by Crippen LogP contribution is -2.29. The second-order valence-electron chi connectivity index (χ2n) is 8.18. The van der Waals surface area contributed by atoms with Crippen molar-refractivity contribution in [3.8, 4) is 0 Å². The van der Waals surface area contributed by atoms with Crippen molar-refractivity contribution in [2.75, 3.05) is 19.6 Å². The molecule has 0 spiro atoms. The maximum absolute atomic E-state index is 13.9.